The van der Waals surface area contributed by atoms with Gasteiger partial charge < -0.3 is 5.73 Å². The van der Waals surface area contributed by atoms with Crippen molar-refractivity contribution >= 4 is 31.7 Å². The number of aliphatic imine (C=N–C) groups is 1. The zero-order chi connectivity index (χ0) is 26.8. The van der Waals surface area contributed by atoms with E-state index in [1.165, 1.54) is 22.5 Å². The smallest absolute Gasteiger partial charge is 0.269 e. The molecular weight excluding hydrogens is 506 g/mol. The maximum Gasteiger partial charge on any atom is 0.269 e. The summed E-state index contributed by atoms with van der Waals surface area (Å²) >= 11 is 0. The van der Waals surface area contributed by atoms with Gasteiger partial charge in [0.25, 0.3) is 15.7 Å². The van der Waals surface area contributed by atoms with Crippen LogP contribution in [0.3, 0.4) is 0 Å². The van der Waals surface area contributed by atoms with Crippen LogP contribution in [0.5, 0.6) is 0 Å². The number of benzene rings is 2. The fourth-order valence-corrected chi connectivity index (χ4v) is 7.56. The molecule has 1 aliphatic rings. The Morgan fingerprint density at radius 3 is 2.28 bits per heavy atom. The first-order valence-corrected chi connectivity index (χ1v) is 14.0. The van der Waals surface area contributed by atoms with Crippen molar-refractivity contribution in [3.05, 3.63) is 75.9 Å². The Morgan fingerprint density at radius 1 is 1.17 bits per heavy atom. The second kappa shape index (κ2) is 10.4. The monoisotopic (exact) mass is 535 g/mol. The van der Waals surface area contributed by atoms with Gasteiger partial charge in [0, 0.05) is 24.7 Å². The average Bonchev–Trinajstić information content (AvgIpc) is 3.49. The number of aryl methyl sites for hydroxylation is 3. The van der Waals surface area contributed by atoms with Crippen LogP contribution < -0.4 is 10.5 Å². The fraction of sp³-hybridized carbons (Fsp3) is 0.348. The Balaban J connectivity index is 1.60. The Kier molecular flexibility index (Phi) is 7.86. The minimum atomic E-state index is -3.91. The van der Waals surface area contributed by atoms with Gasteiger partial charge in [-0.15, -0.1) is 6.58 Å². The Morgan fingerprint density at radius 2 is 1.75 bits per heavy atom. The molecule has 0 aliphatic carbocycles. The molecular formula is C23H29N5O6S2. The number of non-ortho nitro benzene ring substituents is 1. The number of hydrogen-bond donors (Lipinski definition) is 2. The van der Waals surface area contributed by atoms with Crippen molar-refractivity contribution in [1.82, 2.24) is 9.03 Å². The van der Waals surface area contributed by atoms with E-state index in [0.29, 0.717) is 24.0 Å². The van der Waals surface area contributed by atoms with Crippen molar-refractivity contribution in [2.75, 3.05) is 6.54 Å². The van der Waals surface area contributed by atoms with E-state index in [0.717, 1.165) is 17.7 Å². The molecule has 1 heterocycles. The van der Waals surface area contributed by atoms with Crippen LogP contribution in [0.4, 0.5) is 5.69 Å². The highest BCUT2D eigenvalue weighted by Crippen LogP contribution is 2.39. The number of nitrogens with two attached hydrogens (primary N) is 1. The summed E-state index contributed by atoms with van der Waals surface area (Å²) in [6, 6.07) is 7.51. The van der Waals surface area contributed by atoms with Gasteiger partial charge in [-0.2, -0.15) is 4.31 Å². The number of nitrogens with zero attached hydrogens (tertiary/aromatic N) is 3. The van der Waals surface area contributed by atoms with Crippen LogP contribution >= 0.6 is 0 Å². The highest BCUT2D eigenvalue weighted by Gasteiger charge is 2.53. The molecule has 2 aromatic rings. The maximum absolute atomic E-state index is 12.9. The predicted octanol–water partition coefficient (Wildman–Crippen LogP) is 2.52. The fourth-order valence-electron chi connectivity index (χ4n) is 4.35. The molecule has 0 radical (unpaired) electrons. The van der Waals surface area contributed by atoms with E-state index in [2.05, 4.69) is 16.3 Å². The van der Waals surface area contributed by atoms with Crippen LogP contribution in [0.1, 0.15) is 29.5 Å². The maximum atomic E-state index is 12.9. The van der Waals surface area contributed by atoms with Gasteiger partial charge in [-0.1, -0.05) is 23.8 Å². The summed E-state index contributed by atoms with van der Waals surface area (Å²) in [6.07, 6.45) is 2.43. The third-order valence-electron chi connectivity index (χ3n) is 5.84. The van der Waals surface area contributed by atoms with Crippen LogP contribution in [0.2, 0.25) is 0 Å². The molecule has 13 heteroatoms. The van der Waals surface area contributed by atoms with Crippen LogP contribution in [0, 0.1) is 30.9 Å². The Bertz CT molecular complexity index is 1400. The summed E-state index contributed by atoms with van der Waals surface area (Å²) in [4.78, 5) is 14.4. The number of sulfonamides is 2. The van der Waals surface area contributed by atoms with Crippen LogP contribution in [-0.2, 0) is 20.0 Å². The molecule has 0 spiro atoms. The average molecular weight is 536 g/mol. The largest absolute Gasteiger partial charge is 0.369 e. The standard InChI is InChI=1S/C23H29N5O6S2/c1-5-20-21(27(20)36(33,34)19-10-8-18(9-11-19)28(29)30)7-6-12-25-23(24)26-35(31,32)22-16(3)13-15(2)14-17(22)4/h5,8-11,13-14,20-21H,1,6-7,12H2,2-4H3,(H3,24,25,26)/t20-,21+,27?/m1/s1. The molecule has 1 aliphatic heterocycles. The van der Waals surface area contributed by atoms with Gasteiger partial charge in [-0.05, 0) is 56.9 Å². The van der Waals surface area contributed by atoms with Crippen molar-refractivity contribution in [3.8, 4) is 0 Å². The minimum Gasteiger partial charge on any atom is -0.369 e. The normalized spacial score (nSPS) is 20.1. The Labute approximate surface area is 211 Å². The first kappa shape index (κ1) is 27.3. The highest BCUT2D eigenvalue weighted by atomic mass is 32.2. The topological polar surface area (TPSA) is 165 Å². The van der Waals surface area contributed by atoms with Crippen LogP contribution in [0.15, 0.2) is 63.8 Å². The molecule has 2 aromatic carbocycles. The Hall–Kier alpha value is -3.29. The molecule has 36 heavy (non-hydrogen) atoms. The molecule has 3 atom stereocenters. The molecule has 11 nitrogen and oxygen atoms in total. The van der Waals surface area contributed by atoms with E-state index in [-0.39, 0.29) is 34.0 Å². The first-order valence-electron chi connectivity index (χ1n) is 11.1. The number of guanidine groups is 1. The van der Waals surface area contributed by atoms with Gasteiger partial charge in [0.2, 0.25) is 16.0 Å². The van der Waals surface area contributed by atoms with E-state index in [4.69, 9.17) is 5.73 Å². The number of rotatable bonds is 10. The zero-order valence-electron chi connectivity index (χ0n) is 20.2. The summed E-state index contributed by atoms with van der Waals surface area (Å²) in [5, 5.41) is 10.8. The summed E-state index contributed by atoms with van der Waals surface area (Å²) < 4.78 is 55.0. The third-order valence-corrected chi connectivity index (χ3v) is 9.44. The van der Waals surface area contributed by atoms with E-state index in [1.54, 1.807) is 26.0 Å². The molecule has 194 valence electrons. The highest BCUT2D eigenvalue weighted by molar-refractivity contribution is 7.90. The van der Waals surface area contributed by atoms with Gasteiger partial charge in [-0.3, -0.25) is 15.1 Å². The number of nitro groups is 1. The molecule has 1 saturated heterocycles. The zero-order valence-corrected chi connectivity index (χ0v) is 21.8. The van der Waals surface area contributed by atoms with E-state index >= 15 is 0 Å². The van der Waals surface area contributed by atoms with Crippen LogP contribution in [-0.4, -0.2) is 50.7 Å². The number of hydrogen-bond acceptors (Lipinski definition) is 7. The first-order chi connectivity index (χ1) is 16.8. The molecule has 0 aromatic heterocycles. The van der Waals surface area contributed by atoms with Gasteiger partial charge in [0.1, 0.15) is 0 Å². The van der Waals surface area contributed by atoms with Gasteiger partial charge in [0.05, 0.1) is 20.8 Å². The second-order valence-electron chi connectivity index (χ2n) is 8.62. The summed E-state index contributed by atoms with van der Waals surface area (Å²) in [7, 11) is -7.76. The van der Waals surface area contributed by atoms with E-state index in [1.807, 2.05) is 6.92 Å². The predicted molar refractivity (Wildman–Crippen MR) is 137 cm³/mol. The van der Waals surface area contributed by atoms with E-state index in [9.17, 15) is 26.9 Å². The lowest BCUT2D eigenvalue weighted by Gasteiger charge is -2.13. The van der Waals surface area contributed by atoms with Crippen molar-refractivity contribution in [1.29, 1.82) is 0 Å². The van der Waals surface area contributed by atoms with Crippen molar-refractivity contribution in [2.24, 2.45) is 10.7 Å². The molecule has 1 fully saturated rings. The third kappa shape index (κ3) is 5.74. The van der Waals surface area contributed by atoms with Crippen molar-refractivity contribution < 1.29 is 21.8 Å². The quantitative estimate of drug-likeness (QED) is 0.0897. The van der Waals surface area contributed by atoms with Gasteiger partial charge >= 0.3 is 0 Å². The minimum absolute atomic E-state index is 0.0409. The van der Waals surface area contributed by atoms with Crippen LogP contribution in [0.25, 0.3) is 0 Å². The van der Waals surface area contributed by atoms with Gasteiger partial charge in [-0.25, -0.2) is 21.6 Å². The van der Waals surface area contributed by atoms with E-state index < -0.39 is 31.0 Å². The molecule has 0 amide bonds. The molecule has 0 bridgehead atoms. The molecule has 3 rings (SSSR count). The lowest BCUT2D eigenvalue weighted by molar-refractivity contribution is -0.384. The lowest BCUT2D eigenvalue weighted by atomic mass is 10.1. The van der Waals surface area contributed by atoms with Crippen molar-refractivity contribution in [2.45, 2.75) is 55.5 Å². The summed E-state index contributed by atoms with van der Waals surface area (Å²) in [5.41, 5.74) is 7.77. The van der Waals surface area contributed by atoms with Crippen molar-refractivity contribution in [3.63, 3.8) is 0 Å². The number of nitrogens with one attached hydrogen (secondary N) is 1. The molecule has 1 unspecified atom stereocenters. The SMILES string of the molecule is C=C[C@@H]1[C@H](CCCN=C(N)NS(=O)(=O)c2c(C)cc(C)cc2C)N1S(=O)(=O)c1ccc([N+](=O)[O-])cc1. The van der Waals surface area contributed by atoms with Gasteiger partial charge in [0.15, 0.2) is 0 Å². The summed E-state index contributed by atoms with van der Waals surface area (Å²) in [5.74, 6) is -0.249. The lowest BCUT2D eigenvalue weighted by Crippen LogP contribution is -2.37. The second-order valence-corrected chi connectivity index (χ2v) is 12.1. The molecule has 3 N–H and O–H groups in total. The summed E-state index contributed by atoms with van der Waals surface area (Å²) in [6.45, 7) is 9.19. The number of nitro benzene ring substituents is 1. The molecule has 0 saturated carbocycles.